The van der Waals surface area contributed by atoms with Gasteiger partial charge in [-0.1, -0.05) is 6.07 Å². The van der Waals surface area contributed by atoms with Crippen LogP contribution in [-0.2, 0) is 13.1 Å². The quantitative estimate of drug-likeness (QED) is 0.499. The fourth-order valence-electron chi connectivity index (χ4n) is 3.26. The molecule has 0 aliphatic heterocycles. The largest absolute Gasteiger partial charge is 0.337 e. The van der Waals surface area contributed by atoms with Crippen molar-refractivity contribution in [3.63, 3.8) is 0 Å². The zero-order chi connectivity index (χ0) is 19.3. The molecule has 0 unspecified atom stereocenters. The van der Waals surface area contributed by atoms with Gasteiger partial charge in [-0.3, -0.25) is 9.78 Å². The van der Waals surface area contributed by atoms with E-state index in [2.05, 4.69) is 15.0 Å². The van der Waals surface area contributed by atoms with Gasteiger partial charge in [0.2, 0.25) is 0 Å². The van der Waals surface area contributed by atoms with Gasteiger partial charge < -0.3 is 13.9 Å². The summed E-state index contributed by atoms with van der Waals surface area (Å²) in [5, 5.41) is 0. The molecule has 4 heterocycles. The first-order valence-electron chi connectivity index (χ1n) is 9.28. The summed E-state index contributed by atoms with van der Waals surface area (Å²) >= 11 is 0. The van der Waals surface area contributed by atoms with Crippen molar-refractivity contribution in [2.24, 2.45) is 0 Å². The summed E-state index contributed by atoms with van der Waals surface area (Å²) in [6.45, 7) is 3.93. The minimum atomic E-state index is 0.00253. The molecule has 0 radical (unpaired) electrons. The molecule has 0 aliphatic carbocycles. The molecule has 28 heavy (non-hydrogen) atoms. The molecule has 0 bridgehead atoms. The molecule has 4 rings (SSSR count). The molecule has 1 amide bonds. The van der Waals surface area contributed by atoms with Crippen molar-refractivity contribution in [2.45, 2.75) is 26.4 Å². The fraction of sp³-hybridized carbons (Fsp3) is 0.238. The summed E-state index contributed by atoms with van der Waals surface area (Å²) in [5.41, 5.74) is 3.43. The second-order valence-corrected chi connectivity index (χ2v) is 6.81. The molecule has 7 heteroatoms. The first kappa shape index (κ1) is 17.9. The van der Waals surface area contributed by atoms with Crippen molar-refractivity contribution in [3.8, 4) is 0 Å². The Morgan fingerprint density at radius 2 is 2.07 bits per heavy atom. The van der Waals surface area contributed by atoms with Gasteiger partial charge in [-0.25, -0.2) is 9.97 Å². The van der Waals surface area contributed by atoms with Gasteiger partial charge in [0.15, 0.2) is 0 Å². The second kappa shape index (κ2) is 8.04. The second-order valence-electron chi connectivity index (χ2n) is 6.81. The number of pyridine rings is 2. The lowest BCUT2D eigenvalue weighted by atomic mass is 10.2. The molecule has 0 spiro atoms. The number of carbonyl (C=O) groups excluding carboxylic acids is 1. The van der Waals surface area contributed by atoms with Crippen LogP contribution >= 0.6 is 0 Å². The van der Waals surface area contributed by atoms with Gasteiger partial charge in [0.1, 0.15) is 5.65 Å². The lowest BCUT2D eigenvalue weighted by Crippen LogP contribution is -2.32. The highest BCUT2D eigenvalue weighted by molar-refractivity contribution is 5.94. The maximum Gasteiger partial charge on any atom is 0.255 e. The van der Waals surface area contributed by atoms with Crippen molar-refractivity contribution in [1.29, 1.82) is 0 Å². The molecule has 0 saturated heterocycles. The Labute approximate surface area is 163 Å². The van der Waals surface area contributed by atoms with Crippen LogP contribution in [0.2, 0.25) is 0 Å². The maximum absolute atomic E-state index is 13.2. The van der Waals surface area contributed by atoms with Crippen LogP contribution in [0, 0.1) is 6.92 Å². The van der Waals surface area contributed by atoms with Crippen molar-refractivity contribution in [1.82, 2.24) is 28.8 Å². The van der Waals surface area contributed by atoms with E-state index in [1.165, 1.54) is 0 Å². The highest BCUT2D eigenvalue weighted by Crippen LogP contribution is 2.13. The van der Waals surface area contributed by atoms with E-state index in [4.69, 9.17) is 0 Å². The van der Waals surface area contributed by atoms with Crippen LogP contribution in [0.3, 0.4) is 0 Å². The first-order valence-corrected chi connectivity index (χ1v) is 9.28. The molecule has 0 fully saturated rings. The SMILES string of the molecule is Cc1cn2cc(C(=O)N(CCCn3ccnc3)Cc3cccnc3)ccc2n1. The van der Waals surface area contributed by atoms with E-state index in [0.29, 0.717) is 18.7 Å². The number of hydrogen-bond acceptors (Lipinski definition) is 4. The minimum Gasteiger partial charge on any atom is -0.337 e. The number of amides is 1. The Kier molecular flexibility index (Phi) is 5.14. The summed E-state index contributed by atoms with van der Waals surface area (Å²) in [6, 6.07) is 7.61. The van der Waals surface area contributed by atoms with Crippen molar-refractivity contribution in [3.05, 3.63) is 84.6 Å². The molecule has 0 aliphatic rings. The average molecular weight is 374 g/mol. The Morgan fingerprint density at radius 3 is 2.86 bits per heavy atom. The molecule has 0 N–H and O–H groups in total. The molecule has 0 saturated carbocycles. The van der Waals surface area contributed by atoms with Crippen molar-refractivity contribution in [2.75, 3.05) is 6.54 Å². The number of aryl methyl sites for hydroxylation is 2. The van der Waals surface area contributed by atoms with Crippen LogP contribution in [-0.4, -0.2) is 41.3 Å². The zero-order valence-corrected chi connectivity index (χ0v) is 15.8. The highest BCUT2D eigenvalue weighted by atomic mass is 16.2. The summed E-state index contributed by atoms with van der Waals surface area (Å²) in [6.07, 6.45) is 13.7. The van der Waals surface area contributed by atoms with E-state index < -0.39 is 0 Å². The number of fused-ring (bicyclic) bond motifs is 1. The third-order valence-electron chi connectivity index (χ3n) is 4.61. The van der Waals surface area contributed by atoms with E-state index in [0.717, 1.165) is 29.9 Å². The number of aromatic nitrogens is 5. The molecular formula is C21H22N6O. The number of rotatable bonds is 7. The number of carbonyl (C=O) groups is 1. The fourth-order valence-corrected chi connectivity index (χ4v) is 3.26. The van der Waals surface area contributed by atoms with E-state index in [9.17, 15) is 4.79 Å². The molecule has 4 aromatic rings. The summed E-state index contributed by atoms with van der Waals surface area (Å²) in [4.78, 5) is 27.8. The van der Waals surface area contributed by atoms with Crippen LogP contribution in [0.25, 0.3) is 5.65 Å². The predicted octanol–water partition coefficient (Wildman–Crippen LogP) is 2.97. The zero-order valence-electron chi connectivity index (χ0n) is 15.8. The summed E-state index contributed by atoms with van der Waals surface area (Å²) in [5.74, 6) is 0.00253. The normalized spacial score (nSPS) is 11.0. The molecule has 0 aromatic carbocycles. The third-order valence-corrected chi connectivity index (χ3v) is 4.61. The van der Waals surface area contributed by atoms with Gasteiger partial charge in [0.05, 0.1) is 17.6 Å². The predicted molar refractivity (Wildman–Crippen MR) is 106 cm³/mol. The van der Waals surface area contributed by atoms with Gasteiger partial charge in [-0.05, 0) is 37.1 Å². The Hall–Kier alpha value is -3.48. The van der Waals surface area contributed by atoms with Gasteiger partial charge >= 0.3 is 0 Å². The van der Waals surface area contributed by atoms with Crippen LogP contribution in [0.4, 0.5) is 0 Å². The maximum atomic E-state index is 13.2. The molecule has 142 valence electrons. The van der Waals surface area contributed by atoms with Crippen molar-refractivity contribution >= 4 is 11.6 Å². The summed E-state index contributed by atoms with van der Waals surface area (Å²) < 4.78 is 3.92. The van der Waals surface area contributed by atoms with Crippen LogP contribution in [0.1, 0.15) is 28.0 Å². The number of nitrogens with zero attached hydrogens (tertiary/aromatic N) is 6. The van der Waals surface area contributed by atoms with E-state index in [1.54, 1.807) is 24.9 Å². The lowest BCUT2D eigenvalue weighted by molar-refractivity contribution is 0.0738. The monoisotopic (exact) mass is 374 g/mol. The highest BCUT2D eigenvalue weighted by Gasteiger charge is 2.17. The van der Waals surface area contributed by atoms with Crippen LogP contribution in [0.15, 0.2) is 67.8 Å². The van der Waals surface area contributed by atoms with Crippen LogP contribution < -0.4 is 0 Å². The van der Waals surface area contributed by atoms with E-state index >= 15 is 0 Å². The van der Waals surface area contributed by atoms with E-state index in [1.807, 2.05) is 63.6 Å². The topological polar surface area (TPSA) is 68.3 Å². The van der Waals surface area contributed by atoms with Gasteiger partial charge in [-0.2, -0.15) is 0 Å². The van der Waals surface area contributed by atoms with Crippen molar-refractivity contribution < 1.29 is 4.79 Å². The van der Waals surface area contributed by atoms with Gasteiger partial charge in [0.25, 0.3) is 5.91 Å². The van der Waals surface area contributed by atoms with Gasteiger partial charge in [-0.15, -0.1) is 0 Å². The standard InChI is InChI=1S/C21H22N6O/c1-17-13-27-15-19(5-6-20(27)24-17)21(28)26(14-18-4-2-7-22-12-18)10-3-9-25-11-8-23-16-25/h2,4-8,11-13,15-16H,3,9-10,14H2,1H3. The first-order chi connectivity index (χ1) is 13.7. The Bertz CT molecular complexity index is 1060. The number of hydrogen-bond donors (Lipinski definition) is 0. The van der Waals surface area contributed by atoms with Crippen LogP contribution in [0.5, 0.6) is 0 Å². The lowest BCUT2D eigenvalue weighted by Gasteiger charge is -2.23. The Morgan fingerprint density at radius 1 is 1.14 bits per heavy atom. The third kappa shape index (κ3) is 4.09. The molecule has 4 aromatic heterocycles. The summed E-state index contributed by atoms with van der Waals surface area (Å²) in [7, 11) is 0. The van der Waals surface area contributed by atoms with E-state index in [-0.39, 0.29) is 5.91 Å². The molecular weight excluding hydrogens is 352 g/mol. The van der Waals surface area contributed by atoms with Gasteiger partial charge in [0, 0.05) is 56.8 Å². The Balaban J connectivity index is 1.53. The smallest absolute Gasteiger partial charge is 0.255 e. The minimum absolute atomic E-state index is 0.00253. The average Bonchev–Trinajstić information content (AvgIpc) is 3.35. The molecule has 0 atom stereocenters. The molecule has 7 nitrogen and oxygen atoms in total. The number of imidazole rings is 2.